The third-order valence-corrected chi connectivity index (χ3v) is 3.70. The molecule has 5 heteroatoms. The molecule has 19 heavy (non-hydrogen) atoms. The molecular weight excluding hydrogens is 306 g/mol. The Hall–Kier alpha value is -1.62. The maximum atomic E-state index is 11.6. The molecule has 0 atom stereocenters. The molecule has 0 radical (unpaired) electrons. The van der Waals surface area contributed by atoms with Crippen LogP contribution in [0, 0.1) is 6.92 Å². The van der Waals surface area contributed by atoms with Gasteiger partial charge in [-0.2, -0.15) is 0 Å². The van der Waals surface area contributed by atoms with Crippen molar-refractivity contribution in [3.8, 4) is 0 Å². The van der Waals surface area contributed by atoms with Gasteiger partial charge in [-0.15, -0.1) is 0 Å². The average Bonchev–Trinajstić information content (AvgIpc) is 2.36. The van der Waals surface area contributed by atoms with Gasteiger partial charge in [0, 0.05) is 5.69 Å². The van der Waals surface area contributed by atoms with E-state index in [2.05, 4.69) is 51.1 Å². The van der Waals surface area contributed by atoms with E-state index in [-0.39, 0.29) is 5.56 Å². The first-order valence-electron chi connectivity index (χ1n) is 6.10. The van der Waals surface area contributed by atoms with Crippen molar-refractivity contribution in [1.29, 1.82) is 0 Å². The van der Waals surface area contributed by atoms with Crippen LogP contribution in [0.3, 0.4) is 0 Å². The van der Waals surface area contributed by atoms with Crippen molar-refractivity contribution >= 4 is 27.4 Å². The number of halogens is 1. The fourth-order valence-corrected chi connectivity index (χ4v) is 2.25. The molecule has 2 N–H and O–H groups in total. The lowest BCUT2D eigenvalue weighted by Crippen LogP contribution is -2.11. The summed E-state index contributed by atoms with van der Waals surface area (Å²) in [5.74, 6) is 0.920. The molecular formula is C14H16BrN3O. The van der Waals surface area contributed by atoms with Crippen LogP contribution in [0.1, 0.15) is 30.9 Å². The molecule has 0 bridgehead atoms. The summed E-state index contributed by atoms with van der Waals surface area (Å²) in [7, 11) is 0. The van der Waals surface area contributed by atoms with Crippen LogP contribution in [0.15, 0.2) is 33.8 Å². The maximum absolute atomic E-state index is 11.6. The second-order valence-electron chi connectivity index (χ2n) is 4.71. The summed E-state index contributed by atoms with van der Waals surface area (Å²) < 4.78 is 0.410. The lowest BCUT2D eigenvalue weighted by Gasteiger charge is -2.17. The SMILES string of the molecule is Cc1cccc(C(C)C)c1Nc1nc[nH]c(=O)c1Br. The molecule has 0 aliphatic carbocycles. The number of anilines is 2. The van der Waals surface area contributed by atoms with E-state index in [0.717, 1.165) is 11.3 Å². The number of nitrogens with zero attached hydrogens (tertiary/aromatic N) is 1. The van der Waals surface area contributed by atoms with Gasteiger partial charge >= 0.3 is 0 Å². The van der Waals surface area contributed by atoms with Gasteiger partial charge < -0.3 is 10.3 Å². The van der Waals surface area contributed by atoms with Crippen molar-refractivity contribution in [2.24, 2.45) is 0 Å². The smallest absolute Gasteiger partial charge is 0.267 e. The van der Waals surface area contributed by atoms with Crippen molar-refractivity contribution < 1.29 is 0 Å². The monoisotopic (exact) mass is 321 g/mol. The first-order valence-corrected chi connectivity index (χ1v) is 6.89. The van der Waals surface area contributed by atoms with Gasteiger partial charge in [-0.25, -0.2) is 4.98 Å². The summed E-state index contributed by atoms with van der Waals surface area (Å²) in [6, 6.07) is 6.16. The number of nitrogens with one attached hydrogen (secondary N) is 2. The minimum absolute atomic E-state index is 0.197. The van der Waals surface area contributed by atoms with Gasteiger partial charge in [0.1, 0.15) is 4.47 Å². The number of aromatic nitrogens is 2. The first-order chi connectivity index (χ1) is 9.00. The number of hydrogen-bond acceptors (Lipinski definition) is 3. The fraction of sp³-hybridized carbons (Fsp3) is 0.286. The van der Waals surface area contributed by atoms with Gasteiger partial charge in [-0.3, -0.25) is 4.79 Å². The predicted molar refractivity (Wildman–Crippen MR) is 81.1 cm³/mol. The zero-order valence-electron chi connectivity index (χ0n) is 11.1. The predicted octanol–water partition coefficient (Wildman–Crippen LogP) is 3.71. The normalized spacial score (nSPS) is 10.8. The fourth-order valence-electron chi connectivity index (χ4n) is 1.93. The summed E-state index contributed by atoms with van der Waals surface area (Å²) in [4.78, 5) is 18.2. The van der Waals surface area contributed by atoms with Gasteiger partial charge in [0.05, 0.1) is 6.33 Å². The highest BCUT2D eigenvalue weighted by molar-refractivity contribution is 9.10. The number of aromatic amines is 1. The Bertz CT molecular complexity index is 649. The highest BCUT2D eigenvalue weighted by Gasteiger charge is 2.12. The van der Waals surface area contributed by atoms with Gasteiger partial charge in [-0.1, -0.05) is 32.0 Å². The van der Waals surface area contributed by atoms with E-state index in [1.807, 2.05) is 19.1 Å². The second-order valence-corrected chi connectivity index (χ2v) is 5.51. The molecule has 1 heterocycles. The standard InChI is InChI=1S/C14H16BrN3O/c1-8(2)10-6-4-5-9(3)12(10)18-13-11(15)14(19)17-7-16-13/h4-8H,1-3H3,(H2,16,17,18,19). The molecule has 0 spiro atoms. The quantitative estimate of drug-likeness (QED) is 0.906. The molecule has 0 fully saturated rings. The summed E-state index contributed by atoms with van der Waals surface area (Å²) in [6.07, 6.45) is 1.39. The van der Waals surface area contributed by atoms with Crippen molar-refractivity contribution in [3.05, 3.63) is 50.5 Å². The van der Waals surface area contributed by atoms with E-state index in [4.69, 9.17) is 0 Å². The zero-order chi connectivity index (χ0) is 14.0. The van der Waals surface area contributed by atoms with Crippen LogP contribution < -0.4 is 10.9 Å². The summed E-state index contributed by atoms with van der Waals surface area (Å²) >= 11 is 3.26. The Morgan fingerprint density at radius 2 is 2.11 bits per heavy atom. The van der Waals surface area contributed by atoms with Crippen LogP contribution in [-0.2, 0) is 0 Å². The van der Waals surface area contributed by atoms with Crippen LogP contribution in [0.4, 0.5) is 11.5 Å². The minimum Gasteiger partial charge on any atom is -0.339 e. The largest absolute Gasteiger partial charge is 0.339 e. The highest BCUT2D eigenvalue weighted by Crippen LogP contribution is 2.30. The Balaban J connectivity index is 2.49. The van der Waals surface area contributed by atoms with E-state index >= 15 is 0 Å². The van der Waals surface area contributed by atoms with E-state index in [1.54, 1.807) is 0 Å². The molecule has 0 unspecified atom stereocenters. The van der Waals surface area contributed by atoms with Crippen LogP contribution in [0.2, 0.25) is 0 Å². The maximum Gasteiger partial charge on any atom is 0.267 e. The number of hydrogen-bond donors (Lipinski definition) is 2. The van der Waals surface area contributed by atoms with Crippen LogP contribution in [0.25, 0.3) is 0 Å². The van der Waals surface area contributed by atoms with Gasteiger partial charge in [-0.05, 0) is 39.9 Å². The van der Waals surface area contributed by atoms with E-state index < -0.39 is 0 Å². The first kappa shape index (κ1) is 13.8. The highest BCUT2D eigenvalue weighted by atomic mass is 79.9. The van der Waals surface area contributed by atoms with Crippen LogP contribution in [0.5, 0.6) is 0 Å². The van der Waals surface area contributed by atoms with E-state index in [1.165, 1.54) is 11.9 Å². The molecule has 0 aliphatic heterocycles. The van der Waals surface area contributed by atoms with Crippen molar-refractivity contribution in [2.75, 3.05) is 5.32 Å². The topological polar surface area (TPSA) is 57.8 Å². The van der Waals surface area contributed by atoms with Gasteiger partial charge in [0.2, 0.25) is 0 Å². The van der Waals surface area contributed by atoms with Crippen molar-refractivity contribution in [3.63, 3.8) is 0 Å². The number of para-hydroxylation sites is 1. The Morgan fingerprint density at radius 1 is 1.37 bits per heavy atom. The lowest BCUT2D eigenvalue weighted by atomic mass is 9.98. The third-order valence-electron chi connectivity index (χ3n) is 2.97. The molecule has 0 saturated heterocycles. The number of aryl methyl sites for hydroxylation is 1. The molecule has 0 amide bonds. The van der Waals surface area contributed by atoms with Gasteiger partial charge in [0.15, 0.2) is 5.82 Å². The van der Waals surface area contributed by atoms with Crippen molar-refractivity contribution in [2.45, 2.75) is 26.7 Å². The number of H-pyrrole nitrogens is 1. The zero-order valence-corrected chi connectivity index (χ0v) is 12.7. The molecule has 1 aromatic heterocycles. The van der Waals surface area contributed by atoms with Crippen molar-refractivity contribution in [1.82, 2.24) is 9.97 Å². The molecule has 1 aromatic carbocycles. The molecule has 2 rings (SSSR count). The summed E-state index contributed by atoms with van der Waals surface area (Å²) in [6.45, 7) is 6.32. The second kappa shape index (κ2) is 5.57. The minimum atomic E-state index is -0.197. The number of benzene rings is 1. The molecule has 2 aromatic rings. The van der Waals surface area contributed by atoms with Crippen LogP contribution in [-0.4, -0.2) is 9.97 Å². The molecule has 100 valence electrons. The lowest BCUT2D eigenvalue weighted by molar-refractivity contribution is 0.867. The Morgan fingerprint density at radius 3 is 2.79 bits per heavy atom. The summed E-state index contributed by atoms with van der Waals surface area (Å²) in [5.41, 5.74) is 3.14. The molecule has 0 saturated carbocycles. The van der Waals surface area contributed by atoms with Gasteiger partial charge in [0.25, 0.3) is 5.56 Å². The third kappa shape index (κ3) is 2.87. The number of rotatable bonds is 3. The molecule has 4 nitrogen and oxygen atoms in total. The van der Waals surface area contributed by atoms with E-state index in [9.17, 15) is 4.79 Å². The average molecular weight is 322 g/mol. The molecule has 0 aliphatic rings. The summed E-state index contributed by atoms with van der Waals surface area (Å²) in [5, 5.41) is 3.25. The van der Waals surface area contributed by atoms with E-state index in [0.29, 0.717) is 16.2 Å². The Labute approximate surface area is 120 Å². The Kier molecular flexibility index (Phi) is 4.04. The van der Waals surface area contributed by atoms with Crippen LogP contribution >= 0.6 is 15.9 Å².